The van der Waals surface area contributed by atoms with E-state index in [-0.39, 0.29) is 12.1 Å². The number of aryl methyl sites for hydroxylation is 1. The first-order valence-electron chi connectivity index (χ1n) is 7.14. The Hall–Kier alpha value is -0.860. The molecule has 2 N–H and O–H groups in total. The summed E-state index contributed by atoms with van der Waals surface area (Å²) < 4.78 is 6.27. The Balaban J connectivity index is 2.07. The molecule has 0 bridgehead atoms. The Morgan fingerprint density at radius 3 is 2.56 bits per heavy atom. The SMILES string of the molecule is Cc1cccc(C(OC2CCCCC2)C(C)N)c1. The maximum atomic E-state index is 6.27. The molecule has 1 saturated carbocycles. The molecule has 1 aliphatic carbocycles. The lowest BCUT2D eigenvalue weighted by molar-refractivity contribution is -0.0407. The summed E-state index contributed by atoms with van der Waals surface area (Å²) >= 11 is 0. The molecular formula is C16H25NO. The Bertz CT molecular complexity index is 369. The molecule has 2 atom stereocenters. The highest BCUT2D eigenvalue weighted by Gasteiger charge is 2.23. The van der Waals surface area contributed by atoms with Gasteiger partial charge in [0.2, 0.25) is 0 Å². The van der Waals surface area contributed by atoms with Crippen molar-refractivity contribution in [3.63, 3.8) is 0 Å². The molecular weight excluding hydrogens is 222 g/mol. The van der Waals surface area contributed by atoms with Gasteiger partial charge in [0, 0.05) is 6.04 Å². The molecule has 0 heterocycles. The molecule has 2 heteroatoms. The second kappa shape index (κ2) is 6.35. The third kappa shape index (κ3) is 3.56. The van der Waals surface area contributed by atoms with Crippen LogP contribution in [-0.4, -0.2) is 12.1 Å². The van der Waals surface area contributed by atoms with Crippen LogP contribution in [0.4, 0.5) is 0 Å². The summed E-state index contributed by atoms with van der Waals surface area (Å²) in [7, 11) is 0. The highest BCUT2D eigenvalue weighted by atomic mass is 16.5. The fourth-order valence-corrected chi connectivity index (χ4v) is 2.76. The zero-order valence-electron chi connectivity index (χ0n) is 11.6. The number of ether oxygens (including phenoxy) is 1. The van der Waals surface area contributed by atoms with Gasteiger partial charge in [0.25, 0.3) is 0 Å². The topological polar surface area (TPSA) is 35.2 Å². The van der Waals surface area contributed by atoms with Crippen LogP contribution in [0.1, 0.15) is 56.3 Å². The Morgan fingerprint density at radius 2 is 1.94 bits per heavy atom. The van der Waals surface area contributed by atoms with E-state index < -0.39 is 0 Å². The second-order valence-corrected chi connectivity index (χ2v) is 5.59. The van der Waals surface area contributed by atoms with Crippen LogP contribution in [0.5, 0.6) is 0 Å². The van der Waals surface area contributed by atoms with Gasteiger partial charge in [0.15, 0.2) is 0 Å². The van der Waals surface area contributed by atoms with Crippen molar-refractivity contribution in [1.82, 2.24) is 0 Å². The molecule has 1 aromatic carbocycles. The summed E-state index contributed by atoms with van der Waals surface area (Å²) in [5, 5.41) is 0. The van der Waals surface area contributed by atoms with Crippen molar-refractivity contribution in [2.24, 2.45) is 5.73 Å². The minimum absolute atomic E-state index is 0.0352. The molecule has 1 aromatic rings. The maximum absolute atomic E-state index is 6.27. The van der Waals surface area contributed by atoms with Crippen molar-refractivity contribution in [1.29, 1.82) is 0 Å². The van der Waals surface area contributed by atoms with Crippen LogP contribution >= 0.6 is 0 Å². The van der Waals surface area contributed by atoms with Gasteiger partial charge >= 0.3 is 0 Å². The van der Waals surface area contributed by atoms with Crippen molar-refractivity contribution in [2.75, 3.05) is 0 Å². The van der Waals surface area contributed by atoms with Crippen LogP contribution in [0.3, 0.4) is 0 Å². The van der Waals surface area contributed by atoms with Gasteiger partial charge in [0.05, 0.1) is 12.2 Å². The predicted octanol–water partition coefficient (Wildman–Crippen LogP) is 3.73. The maximum Gasteiger partial charge on any atom is 0.0976 e. The van der Waals surface area contributed by atoms with E-state index in [1.807, 2.05) is 6.92 Å². The van der Waals surface area contributed by atoms with Crippen molar-refractivity contribution in [3.8, 4) is 0 Å². The first-order chi connectivity index (χ1) is 8.66. The predicted molar refractivity (Wildman–Crippen MR) is 75.5 cm³/mol. The molecule has 2 rings (SSSR count). The lowest BCUT2D eigenvalue weighted by atomic mass is 9.96. The van der Waals surface area contributed by atoms with E-state index in [4.69, 9.17) is 10.5 Å². The standard InChI is InChI=1S/C16H25NO/c1-12-7-6-8-14(11-12)16(13(2)17)18-15-9-4-3-5-10-15/h6-8,11,13,15-16H,3-5,9-10,17H2,1-2H3. The minimum atomic E-state index is 0.0352. The fraction of sp³-hybridized carbons (Fsp3) is 0.625. The van der Waals surface area contributed by atoms with Gasteiger partial charge in [-0.25, -0.2) is 0 Å². The molecule has 1 fully saturated rings. The van der Waals surface area contributed by atoms with Crippen molar-refractivity contribution in [2.45, 2.75) is 64.2 Å². The van der Waals surface area contributed by atoms with Crippen LogP contribution in [0.2, 0.25) is 0 Å². The van der Waals surface area contributed by atoms with Gasteiger partial charge in [0.1, 0.15) is 0 Å². The number of rotatable bonds is 4. The van der Waals surface area contributed by atoms with Gasteiger partial charge in [-0.1, -0.05) is 49.1 Å². The smallest absolute Gasteiger partial charge is 0.0976 e. The van der Waals surface area contributed by atoms with Crippen LogP contribution < -0.4 is 5.73 Å². The summed E-state index contributed by atoms with van der Waals surface area (Å²) in [6.45, 7) is 4.15. The largest absolute Gasteiger partial charge is 0.369 e. The molecule has 18 heavy (non-hydrogen) atoms. The van der Waals surface area contributed by atoms with E-state index >= 15 is 0 Å². The van der Waals surface area contributed by atoms with Gasteiger partial charge in [-0.2, -0.15) is 0 Å². The van der Waals surface area contributed by atoms with Gasteiger partial charge < -0.3 is 10.5 Å². The highest BCUT2D eigenvalue weighted by Crippen LogP contribution is 2.28. The molecule has 0 aromatic heterocycles. The van der Waals surface area contributed by atoms with E-state index in [0.717, 1.165) is 0 Å². The summed E-state index contributed by atoms with van der Waals surface area (Å²) in [6.07, 6.45) is 6.76. The van der Waals surface area contributed by atoms with E-state index in [9.17, 15) is 0 Å². The second-order valence-electron chi connectivity index (χ2n) is 5.59. The molecule has 0 spiro atoms. The lowest BCUT2D eigenvalue weighted by Gasteiger charge is -2.30. The summed E-state index contributed by atoms with van der Waals surface area (Å²) in [4.78, 5) is 0. The Morgan fingerprint density at radius 1 is 1.22 bits per heavy atom. The van der Waals surface area contributed by atoms with Crippen LogP contribution in [0.15, 0.2) is 24.3 Å². The van der Waals surface area contributed by atoms with Crippen LogP contribution in [0, 0.1) is 6.92 Å². The van der Waals surface area contributed by atoms with E-state index in [2.05, 4.69) is 31.2 Å². The molecule has 2 unspecified atom stereocenters. The highest BCUT2D eigenvalue weighted by molar-refractivity contribution is 5.25. The molecule has 2 nitrogen and oxygen atoms in total. The summed E-state index contributed by atoms with van der Waals surface area (Å²) in [6, 6.07) is 8.56. The number of hydrogen-bond acceptors (Lipinski definition) is 2. The Kier molecular flexibility index (Phi) is 4.79. The molecule has 0 aliphatic heterocycles. The van der Waals surface area contributed by atoms with E-state index in [0.29, 0.717) is 6.10 Å². The normalized spacial score (nSPS) is 20.6. The third-order valence-corrected chi connectivity index (χ3v) is 3.74. The van der Waals surface area contributed by atoms with E-state index in [1.54, 1.807) is 0 Å². The zero-order chi connectivity index (χ0) is 13.0. The monoisotopic (exact) mass is 247 g/mol. The Labute approximate surface area is 111 Å². The summed E-state index contributed by atoms with van der Waals surface area (Å²) in [5.74, 6) is 0. The molecule has 1 aliphatic rings. The average molecular weight is 247 g/mol. The zero-order valence-corrected chi connectivity index (χ0v) is 11.6. The van der Waals surface area contributed by atoms with Crippen molar-refractivity contribution < 1.29 is 4.74 Å². The molecule has 0 amide bonds. The molecule has 0 radical (unpaired) electrons. The number of nitrogens with two attached hydrogens (primary N) is 1. The van der Waals surface area contributed by atoms with Crippen LogP contribution in [-0.2, 0) is 4.74 Å². The fourth-order valence-electron chi connectivity index (χ4n) is 2.76. The van der Waals surface area contributed by atoms with Gasteiger partial charge in [-0.3, -0.25) is 0 Å². The number of benzene rings is 1. The molecule has 0 saturated heterocycles. The average Bonchev–Trinajstić information content (AvgIpc) is 2.37. The van der Waals surface area contributed by atoms with Crippen LogP contribution in [0.25, 0.3) is 0 Å². The minimum Gasteiger partial charge on any atom is -0.369 e. The summed E-state index contributed by atoms with van der Waals surface area (Å²) in [5.41, 5.74) is 8.60. The lowest BCUT2D eigenvalue weighted by Crippen LogP contribution is -2.31. The van der Waals surface area contributed by atoms with Gasteiger partial charge in [-0.15, -0.1) is 0 Å². The third-order valence-electron chi connectivity index (χ3n) is 3.74. The number of hydrogen-bond donors (Lipinski definition) is 1. The van der Waals surface area contributed by atoms with Gasteiger partial charge in [-0.05, 0) is 32.3 Å². The quantitative estimate of drug-likeness (QED) is 0.879. The molecule has 100 valence electrons. The van der Waals surface area contributed by atoms with Crippen molar-refractivity contribution in [3.05, 3.63) is 35.4 Å². The van der Waals surface area contributed by atoms with Crippen molar-refractivity contribution >= 4 is 0 Å². The first-order valence-corrected chi connectivity index (χ1v) is 7.14. The first kappa shape index (κ1) is 13.6. The van der Waals surface area contributed by atoms with E-state index in [1.165, 1.54) is 43.2 Å².